The fraction of sp³-hybridized carbons (Fsp3) is 0.438. The van der Waals surface area contributed by atoms with Gasteiger partial charge in [0.05, 0.1) is 11.8 Å². The van der Waals surface area contributed by atoms with Gasteiger partial charge in [-0.2, -0.15) is 0 Å². The Labute approximate surface area is 136 Å². The summed E-state index contributed by atoms with van der Waals surface area (Å²) in [6.45, 7) is 3.90. The molecule has 0 radical (unpaired) electrons. The van der Waals surface area contributed by atoms with Gasteiger partial charge in [0.25, 0.3) is 0 Å². The molecule has 0 unspecified atom stereocenters. The monoisotopic (exact) mass is 341 g/mol. The first kappa shape index (κ1) is 17.0. The summed E-state index contributed by atoms with van der Waals surface area (Å²) in [5, 5.41) is 1.75. The zero-order valence-corrected chi connectivity index (χ0v) is 14.3. The normalized spacial score (nSPS) is 19.3. The molecule has 120 valence electrons. The second kappa shape index (κ2) is 6.84. The molecule has 2 rings (SSSR count). The standard InChI is InChI=1S/C16H20ClNO3S/c1-3-4-5-16(19)18(14-8-9-22(20,21)11-14)13-7-6-12(2)15(17)10-13/h6-10,14H,3-5,11H2,1-2H3/t14-/m1/s1. The van der Waals surface area contributed by atoms with Gasteiger partial charge in [0.15, 0.2) is 9.84 Å². The molecule has 1 aliphatic heterocycles. The molecule has 0 saturated carbocycles. The Bertz CT molecular complexity index is 697. The first-order chi connectivity index (χ1) is 10.3. The van der Waals surface area contributed by atoms with Crippen molar-refractivity contribution < 1.29 is 13.2 Å². The Morgan fingerprint density at radius 1 is 1.41 bits per heavy atom. The number of unbranched alkanes of at least 4 members (excludes halogenated alkanes) is 1. The van der Waals surface area contributed by atoms with E-state index in [4.69, 9.17) is 11.6 Å². The van der Waals surface area contributed by atoms with Crippen molar-refractivity contribution in [2.45, 2.75) is 39.2 Å². The van der Waals surface area contributed by atoms with E-state index in [-0.39, 0.29) is 11.7 Å². The maximum Gasteiger partial charge on any atom is 0.227 e. The molecule has 0 bridgehead atoms. The minimum absolute atomic E-state index is 0.0731. The van der Waals surface area contributed by atoms with Crippen LogP contribution in [0.15, 0.2) is 29.7 Å². The zero-order valence-electron chi connectivity index (χ0n) is 12.8. The maximum absolute atomic E-state index is 12.6. The van der Waals surface area contributed by atoms with E-state index < -0.39 is 15.9 Å². The minimum atomic E-state index is -3.23. The first-order valence-corrected chi connectivity index (χ1v) is 9.42. The quantitative estimate of drug-likeness (QED) is 0.823. The van der Waals surface area contributed by atoms with Crippen LogP contribution in [0.3, 0.4) is 0 Å². The molecular weight excluding hydrogens is 322 g/mol. The number of carbonyl (C=O) groups excluding carboxylic acids is 1. The number of anilines is 1. The Balaban J connectivity index is 2.35. The molecule has 0 saturated heterocycles. The lowest BCUT2D eigenvalue weighted by Gasteiger charge is -2.28. The number of benzene rings is 1. The summed E-state index contributed by atoms with van der Waals surface area (Å²) >= 11 is 6.16. The molecule has 1 aliphatic rings. The van der Waals surface area contributed by atoms with Gasteiger partial charge < -0.3 is 4.90 Å². The molecule has 1 aromatic rings. The molecule has 1 aromatic carbocycles. The topological polar surface area (TPSA) is 54.5 Å². The van der Waals surface area contributed by atoms with Crippen molar-refractivity contribution in [3.8, 4) is 0 Å². The number of rotatable bonds is 5. The van der Waals surface area contributed by atoms with Crippen molar-refractivity contribution in [2.24, 2.45) is 0 Å². The summed E-state index contributed by atoms with van der Waals surface area (Å²) in [6.07, 6.45) is 3.66. The largest absolute Gasteiger partial charge is 0.304 e. The minimum Gasteiger partial charge on any atom is -0.304 e. The Kier molecular flexibility index (Phi) is 5.29. The molecule has 4 nitrogen and oxygen atoms in total. The average Bonchev–Trinajstić information content (AvgIpc) is 2.80. The third kappa shape index (κ3) is 3.90. The highest BCUT2D eigenvalue weighted by Crippen LogP contribution is 2.28. The van der Waals surface area contributed by atoms with Crippen molar-refractivity contribution in [1.29, 1.82) is 0 Å². The predicted octanol–water partition coefficient (Wildman–Crippen LogP) is 3.48. The fourth-order valence-corrected chi connectivity index (χ4v) is 3.86. The summed E-state index contributed by atoms with van der Waals surface area (Å²) in [6, 6.07) is 4.90. The van der Waals surface area contributed by atoms with Crippen molar-refractivity contribution in [1.82, 2.24) is 0 Å². The van der Waals surface area contributed by atoms with Crippen LogP contribution in [0.2, 0.25) is 5.02 Å². The Morgan fingerprint density at radius 3 is 2.68 bits per heavy atom. The molecule has 0 spiro atoms. The van der Waals surface area contributed by atoms with E-state index in [2.05, 4.69) is 0 Å². The maximum atomic E-state index is 12.6. The number of hydrogen-bond donors (Lipinski definition) is 0. The van der Waals surface area contributed by atoms with Gasteiger partial charge in [-0.25, -0.2) is 8.42 Å². The van der Waals surface area contributed by atoms with Crippen LogP contribution in [0.4, 0.5) is 5.69 Å². The Morgan fingerprint density at radius 2 is 2.14 bits per heavy atom. The summed E-state index contributed by atoms with van der Waals surface area (Å²) < 4.78 is 23.4. The molecular formula is C16H20ClNO3S. The first-order valence-electron chi connectivity index (χ1n) is 7.33. The summed E-state index contributed by atoms with van der Waals surface area (Å²) in [5.41, 5.74) is 1.56. The van der Waals surface area contributed by atoms with Gasteiger partial charge in [0.2, 0.25) is 5.91 Å². The highest BCUT2D eigenvalue weighted by atomic mass is 35.5. The summed E-state index contributed by atoms with van der Waals surface area (Å²) in [5.74, 6) is -0.148. The molecule has 0 aliphatic carbocycles. The van der Waals surface area contributed by atoms with E-state index in [0.29, 0.717) is 17.1 Å². The van der Waals surface area contributed by atoms with Gasteiger partial charge in [0, 0.05) is 22.5 Å². The molecule has 6 heteroatoms. The van der Waals surface area contributed by atoms with Crippen LogP contribution in [0, 0.1) is 6.92 Å². The van der Waals surface area contributed by atoms with Gasteiger partial charge >= 0.3 is 0 Å². The molecule has 1 atom stereocenters. The number of hydrogen-bond acceptors (Lipinski definition) is 3. The summed E-state index contributed by atoms with van der Waals surface area (Å²) in [4.78, 5) is 14.1. The molecule has 0 fully saturated rings. The van der Waals surface area contributed by atoms with Crippen LogP contribution < -0.4 is 4.90 Å². The summed E-state index contributed by atoms with van der Waals surface area (Å²) in [7, 11) is -3.23. The average molecular weight is 342 g/mol. The highest BCUT2D eigenvalue weighted by Gasteiger charge is 2.31. The molecule has 0 aromatic heterocycles. The number of sulfone groups is 1. The number of halogens is 1. The zero-order chi connectivity index (χ0) is 16.3. The second-order valence-electron chi connectivity index (χ2n) is 5.53. The number of carbonyl (C=O) groups is 1. The van der Waals surface area contributed by atoms with Crippen LogP contribution in [-0.4, -0.2) is 26.1 Å². The van der Waals surface area contributed by atoms with E-state index in [1.165, 1.54) is 5.41 Å². The predicted molar refractivity (Wildman–Crippen MR) is 89.9 cm³/mol. The number of amides is 1. The number of nitrogens with zero attached hydrogens (tertiary/aromatic N) is 1. The second-order valence-corrected chi connectivity index (χ2v) is 7.86. The number of aryl methyl sites for hydroxylation is 1. The third-order valence-corrected chi connectivity index (χ3v) is 5.47. The van der Waals surface area contributed by atoms with Crippen LogP contribution in [0.5, 0.6) is 0 Å². The molecule has 22 heavy (non-hydrogen) atoms. The SMILES string of the molecule is CCCCC(=O)N(c1ccc(C)c(Cl)c1)[C@@H]1C=CS(=O)(=O)C1. The third-order valence-electron chi connectivity index (χ3n) is 3.69. The van der Waals surface area contributed by atoms with Gasteiger partial charge in [-0.05, 0) is 37.1 Å². The lowest BCUT2D eigenvalue weighted by molar-refractivity contribution is -0.118. The van der Waals surface area contributed by atoms with Crippen LogP contribution >= 0.6 is 11.6 Å². The van der Waals surface area contributed by atoms with Crippen molar-refractivity contribution >= 4 is 33.0 Å². The molecule has 1 heterocycles. The van der Waals surface area contributed by atoms with Gasteiger partial charge in [-0.15, -0.1) is 0 Å². The van der Waals surface area contributed by atoms with E-state index in [0.717, 1.165) is 18.4 Å². The van der Waals surface area contributed by atoms with Crippen molar-refractivity contribution in [3.63, 3.8) is 0 Å². The van der Waals surface area contributed by atoms with Gasteiger partial charge in [-0.1, -0.05) is 31.0 Å². The van der Waals surface area contributed by atoms with E-state index >= 15 is 0 Å². The van der Waals surface area contributed by atoms with Crippen LogP contribution in [0.25, 0.3) is 0 Å². The van der Waals surface area contributed by atoms with E-state index in [1.54, 1.807) is 17.0 Å². The van der Waals surface area contributed by atoms with Gasteiger partial charge in [-0.3, -0.25) is 4.79 Å². The van der Waals surface area contributed by atoms with E-state index in [9.17, 15) is 13.2 Å². The van der Waals surface area contributed by atoms with Crippen LogP contribution in [0.1, 0.15) is 31.7 Å². The van der Waals surface area contributed by atoms with Crippen LogP contribution in [-0.2, 0) is 14.6 Å². The lowest BCUT2D eigenvalue weighted by atomic mass is 10.1. The van der Waals surface area contributed by atoms with Crippen molar-refractivity contribution in [3.05, 3.63) is 40.3 Å². The fourth-order valence-electron chi connectivity index (χ4n) is 2.42. The Hall–Kier alpha value is -1.33. The lowest BCUT2D eigenvalue weighted by Crippen LogP contribution is -2.41. The van der Waals surface area contributed by atoms with Crippen molar-refractivity contribution in [2.75, 3.05) is 10.7 Å². The highest BCUT2D eigenvalue weighted by molar-refractivity contribution is 7.94. The smallest absolute Gasteiger partial charge is 0.227 e. The van der Waals surface area contributed by atoms with E-state index in [1.807, 2.05) is 26.0 Å². The molecule has 1 amide bonds. The molecule has 0 N–H and O–H groups in total. The van der Waals surface area contributed by atoms with Gasteiger partial charge in [0.1, 0.15) is 0 Å².